The highest BCUT2D eigenvalue weighted by Crippen LogP contribution is 2.51. The number of carbonyl (C=O) groups excluding carboxylic acids is 1. The Hall–Kier alpha value is -2.30. The molecule has 1 unspecified atom stereocenters. The van der Waals surface area contributed by atoms with Gasteiger partial charge in [0.25, 0.3) is 0 Å². The van der Waals surface area contributed by atoms with Crippen LogP contribution in [-0.4, -0.2) is 34.4 Å². The van der Waals surface area contributed by atoms with Gasteiger partial charge in [-0.15, -0.1) is 0 Å². The number of H-pyrrole nitrogens is 1. The molecule has 1 amide bonds. The second-order valence-electron chi connectivity index (χ2n) is 6.92. The number of ether oxygens (including phenoxy) is 1. The molecule has 0 spiro atoms. The van der Waals surface area contributed by atoms with Crippen molar-refractivity contribution in [1.29, 1.82) is 0 Å². The number of carbonyl (C=O) groups is 1. The minimum Gasteiger partial charge on any atom is -0.497 e. The predicted molar refractivity (Wildman–Crippen MR) is 90.9 cm³/mol. The Morgan fingerprint density at radius 2 is 2.08 bits per heavy atom. The van der Waals surface area contributed by atoms with Gasteiger partial charge in [-0.1, -0.05) is 12.1 Å². The van der Waals surface area contributed by atoms with Crippen molar-refractivity contribution in [2.24, 2.45) is 0 Å². The molecule has 1 aromatic carbocycles. The number of methoxy groups -OCH3 is 1. The molecule has 126 valence electrons. The SMILES string of the molecule is COc1ccc(C2(C(=O)N3CCCC3c3ncc(C)[nH]3)CC2)cc1. The van der Waals surface area contributed by atoms with Crippen LogP contribution in [0.15, 0.2) is 30.5 Å². The molecule has 1 saturated carbocycles. The van der Waals surface area contributed by atoms with Gasteiger partial charge in [0.05, 0.1) is 18.6 Å². The van der Waals surface area contributed by atoms with Gasteiger partial charge in [0.15, 0.2) is 0 Å². The van der Waals surface area contributed by atoms with E-state index in [9.17, 15) is 4.79 Å². The number of hydrogen-bond acceptors (Lipinski definition) is 3. The van der Waals surface area contributed by atoms with Gasteiger partial charge in [-0.25, -0.2) is 4.98 Å². The lowest BCUT2D eigenvalue weighted by atomic mass is 9.94. The maximum atomic E-state index is 13.3. The second kappa shape index (κ2) is 5.65. The topological polar surface area (TPSA) is 58.2 Å². The van der Waals surface area contributed by atoms with Crippen LogP contribution in [0.3, 0.4) is 0 Å². The average molecular weight is 325 g/mol. The molecule has 1 aliphatic heterocycles. The molecule has 1 aromatic heterocycles. The van der Waals surface area contributed by atoms with Crippen molar-refractivity contribution < 1.29 is 9.53 Å². The second-order valence-corrected chi connectivity index (χ2v) is 6.92. The number of likely N-dealkylation sites (tertiary alicyclic amines) is 1. The first-order valence-electron chi connectivity index (χ1n) is 8.61. The number of nitrogens with one attached hydrogen (secondary N) is 1. The van der Waals surface area contributed by atoms with Crippen molar-refractivity contribution in [2.45, 2.75) is 44.1 Å². The quantitative estimate of drug-likeness (QED) is 0.939. The van der Waals surface area contributed by atoms with Crippen LogP contribution in [0, 0.1) is 6.92 Å². The van der Waals surface area contributed by atoms with E-state index in [1.54, 1.807) is 7.11 Å². The van der Waals surface area contributed by atoms with Crippen LogP contribution in [0.2, 0.25) is 0 Å². The monoisotopic (exact) mass is 325 g/mol. The fraction of sp³-hybridized carbons (Fsp3) is 0.474. The highest BCUT2D eigenvalue weighted by atomic mass is 16.5. The zero-order valence-electron chi connectivity index (χ0n) is 14.2. The normalized spacial score (nSPS) is 21.8. The number of hydrogen-bond donors (Lipinski definition) is 1. The van der Waals surface area contributed by atoms with Crippen LogP contribution in [0.4, 0.5) is 0 Å². The van der Waals surface area contributed by atoms with E-state index in [0.29, 0.717) is 0 Å². The fourth-order valence-electron chi connectivity index (χ4n) is 3.83. The summed E-state index contributed by atoms with van der Waals surface area (Å²) in [6.45, 7) is 2.82. The van der Waals surface area contributed by atoms with Crippen molar-refractivity contribution in [3.8, 4) is 5.75 Å². The molecule has 24 heavy (non-hydrogen) atoms. The summed E-state index contributed by atoms with van der Waals surface area (Å²) >= 11 is 0. The summed E-state index contributed by atoms with van der Waals surface area (Å²) in [6, 6.07) is 8.04. The summed E-state index contributed by atoms with van der Waals surface area (Å²) in [5, 5.41) is 0. The van der Waals surface area contributed by atoms with Crippen molar-refractivity contribution in [2.75, 3.05) is 13.7 Å². The number of rotatable bonds is 4. The average Bonchev–Trinajstić information content (AvgIpc) is 3.07. The van der Waals surface area contributed by atoms with Crippen LogP contribution >= 0.6 is 0 Å². The van der Waals surface area contributed by atoms with Gasteiger partial charge in [0, 0.05) is 18.4 Å². The van der Waals surface area contributed by atoms with Gasteiger partial charge in [0.1, 0.15) is 11.6 Å². The summed E-state index contributed by atoms with van der Waals surface area (Å²) < 4.78 is 5.23. The summed E-state index contributed by atoms with van der Waals surface area (Å²) in [5.74, 6) is 2.00. The van der Waals surface area contributed by atoms with Gasteiger partial charge in [-0.05, 0) is 50.3 Å². The highest BCUT2D eigenvalue weighted by molar-refractivity contribution is 5.91. The molecular formula is C19H23N3O2. The third-order valence-electron chi connectivity index (χ3n) is 5.35. The maximum absolute atomic E-state index is 13.3. The van der Waals surface area contributed by atoms with E-state index in [-0.39, 0.29) is 17.4 Å². The molecule has 2 heterocycles. The van der Waals surface area contributed by atoms with Crippen LogP contribution in [-0.2, 0) is 10.2 Å². The Bertz CT molecular complexity index is 746. The van der Waals surface area contributed by atoms with Crippen LogP contribution in [0.25, 0.3) is 0 Å². The number of imidazole rings is 1. The zero-order chi connectivity index (χ0) is 16.7. The first kappa shape index (κ1) is 15.2. The first-order valence-corrected chi connectivity index (χ1v) is 8.61. The zero-order valence-corrected chi connectivity index (χ0v) is 14.2. The molecule has 5 heteroatoms. The van der Waals surface area contributed by atoms with Crippen LogP contribution in [0.1, 0.15) is 48.8 Å². The van der Waals surface area contributed by atoms with E-state index >= 15 is 0 Å². The highest BCUT2D eigenvalue weighted by Gasteiger charge is 2.54. The van der Waals surface area contributed by atoms with Crippen molar-refractivity contribution in [1.82, 2.24) is 14.9 Å². The van der Waals surface area contributed by atoms with Crippen molar-refractivity contribution >= 4 is 5.91 Å². The maximum Gasteiger partial charge on any atom is 0.233 e. The third-order valence-corrected chi connectivity index (χ3v) is 5.35. The Morgan fingerprint density at radius 3 is 2.67 bits per heavy atom. The molecule has 2 aliphatic rings. The Balaban J connectivity index is 1.60. The molecule has 0 radical (unpaired) electrons. The Labute approximate surface area is 142 Å². The Kier molecular flexibility index (Phi) is 3.59. The van der Waals surface area contributed by atoms with Crippen molar-refractivity contribution in [3.05, 3.63) is 47.5 Å². The summed E-state index contributed by atoms with van der Waals surface area (Å²) in [6.07, 6.45) is 5.72. The molecule has 4 rings (SSSR count). The van der Waals surface area contributed by atoms with E-state index in [1.807, 2.05) is 42.3 Å². The summed E-state index contributed by atoms with van der Waals surface area (Å²) in [5.41, 5.74) is 1.81. The van der Waals surface area contributed by atoms with Crippen molar-refractivity contribution in [3.63, 3.8) is 0 Å². The number of amides is 1. The lowest BCUT2D eigenvalue weighted by molar-refractivity contribution is -0.135. The van der Waals surface area contributed by atoms with E-state index in [4.69, 9.17) is 4.74 Å². The van der Waals surface area contributed by atoms with Gasteiger partial charge in [-0.2, -0.15) is 0 Å². The number of aromatic amines is 1. The number of nitrogens with zero attached hydrogens (tertiary/aromatic N) is 2. The van der Waals surface area contributed by atoms with Gasteiger partial charge in [-0.3, -0.25) is 4.79 Å². The number of aryl methyl sites for hydroxylation is 1. The summed E-state index contributed by atoms with van der Waals surface area (Å²) in [4.78, 5) is 23.1. The lowest BCUT2D eigenvalue weighted by Crippen LogP contribution is -2.39. The van der Waals surface area contributed by atoms with E-state index in [2.05, 4.69) is 9.97 Å². The fourth-order valence-corrected chi connectivity index (χ4v) is 3.83. The minimum absolute atomic E-state index is 0.0851. The molecule has 1 aliphatic carbocycles. The predicted octanol–water partition coefficient (Wildman–Crippen LogP) is 3.12. The molecule has 2 fully saturated rings. The molecule has 1 saturated heterocycles. The number of benzene rings is 1. The molecule has 1 atom stereocenters. The molecule has 1 N–H and O–H groups in total. The third kappa shape index (κ3) is 2.39. The van der Waals surface area contributed by atoms with Crippen LogP contribution < -0.4 is 4.74 Å². The Morgan fingerprint density at radius 1 is 1.33 bits per heavy atom. The number of aromatic nitrogens is 2. The molecule has 2 aromatic rings. The van der Waals surface area contributed by atoms with Crippen LogP contribution in [0.5, 0.6) is 5.75 Å². The minimum atomic E-state index is -0.337. The first-order chi connectivity index (χ1) is 11.6. The lowest BCUT2D eigenvalue weighted by Gasteiger charge is -2.28. The van der Waals surface area contributed by atoms with E-state index in [1.165, 1.54) is 0 Å². The van der Waals surface area contributed by atoms with E-state index in [0.717, 1.165) is 55.1 Å². The smallest absolute Gasteiger partial charge is 0.233 e. The standard InChI is InChI=1S/C19H23N3O2/c1-13-12-20-17(21-13)16-4-3-11-22(16)18(23)19(9-10-19)14-5-7-15(24-2)8-6-14/h5-8,12,16H,3-4,9-11H2,1-2H3,(H,20,21). The van der Waals surface area contributed by atoms with E-state index < -0.39 is 0 Å². The largest absolute Gasteiger partial charge is 0.497 e. The van der Waals surface area contributed by atoms with Gasteiger partial charge in [0.2, 0.25) is 5.91 Å². The molecule has 5 nitrogen and oxygen atoms in total. The van der Waals surface area contributed by atoms with Gasteiger partial charge < -0.3 is 14.6 Å². The van der Waals surface area contributed by atoms with Gasteiger partial charge >= 0.3 is 0 Å². The molecular weight excluding hydrogens is 302 g/mol. The summed E-state index contributed by atoms with van der Waals surface area (Å²) in [7, 11) is 1.66. The molecule has 0 bridgehead atoms.